The Morgan fingerprint density at radius 3 is 2.67 bits per heavy atom. The summed E-state index contributed by atoms with van der Waals surface area (Å²) in [6.07, 6.45) is 2.22. The third kappa shape index (κ3) is 2.64. The third-order valence-corrected chi connectivity index (χ3v) is 3.85. The van der Waals surface area contributed by atoms with Gasteiger partial charge in [0.15, 0.2) is 0 Å². The van der Waals surface area contributed by atoms with Crippen LogP contribution in [0.4, 0.5) is 11.4 Å². The predicted octanol–water partition coefficient (Wildman–Crippen LogP) is 0.841. The molecule has 2 N–H and O–H groups in total. The topological polar surface area (TPSA) is 38.5 Å². The molecule has 0 saturated carbocycles. The van der Waals surface area contributed by atoms with E-state index in [1.54, 1.807) is 0 Å². The van der Waals surface area contributed by atoms with Crippen molar-refractivity contribution in [3.8, 4) is 0 Å². The van der Waals surface area contributed by atoms with E-state index >= 15 is 0 Å². The highest BCUT2D eigenvalue weighted by molar-refractivity contribution is 6.33. The molecule has 0 atom stereocenters. The second-order valence-electron chi connectivity index (χ2n) is 5.13. The Bertz CT molecular complexity index is 417. The van der Waals surface area contributed by atoms with E-state index in [0.717, 1.165) is 38.3 Å². The van der Waals surface area contributed by atoms with Gasteiger partial charge in [-0.2, -0.15) is 0 Å². The van der Waals surface area contributed by atoms with Crippen LogP contribution in [0.3, 0.4) is 0 Å². The number of benzene rings is 1. The second kappa shape index (κ2) is 5.66. The van der Waals surface area contributed by atoms with E-state index in [9.17, 15) is 0 Å². The maximum Gasteiger partial charge on any atom is 0.139 e. The van der Waals surface area contributed by atoms with E-state index in [1.165, 1.54) is 16.7 Å². The first-order valence-corrected chi connectivity index (χ1v) is 6.84. The van der Waals surface area contributed by atoms with Crippen LogP contribution < -0.4 is 16.1 Å². The number of ether oxygens (including phenoxy) is 1. The van der Waals surface area contributed by atoms with Crippen molar-refractivity contribution in [2.45, 2.75) is 32.7 Å². The van der Waals surface area contributed by atoms with Crippen molar-refractivity contribution in [2.24, 2.45) is 0 Å². The summed E-state index contributed by atoms with van der Waals surface area (Å²) in [5, 5.41) is 0. The van der Waals surface area contributed by atoms with Crippen LogP contribution in [-0.2, 0) is 4.74 Å². The predicted molar refractivity (Wildman–Crippen MR) is 80.6 cm³/mol. The molecule has 0 unspecified atom stereocenters. The van der Waals surface area contributed by atoms with Crippen LogP contribution in [0.25, 0.3) is 0 Å². The molecule has 1 aliphatic heterocycles. The number of anilines is 2. The molecule has 2 rings (SSSR count). The molecule has 1 aromatic carbocycles. The third-order valence-electron chi connectivity index (χ3n) is 3.85. The van der Waals surface area contributed by atoms with Gasteiger partial charge in [-0.25, -0.2) is 0 Å². The first-order chi connectivity index (χ1) is 8.63. The van der Waals surface area contributed by atoms with Gasteiger partial charge in [0.25, 0.3) is 0 Å². The van der Waals surface area contributed by atoms with Gasteiger partial charge in [0.1, 0.15) is 7.85 Å². The summed E-state index contributed by atoms with van der Waals surface area (Å²) in [5.41, 5.74) is 10.7. The Balaban J connectivity index is 2.31. The normalized spacial score (nSPS) is 16.8. The van der Waals surface area contributed by atoms with Crippen molar-refractivity contribution in [2.75, 3.05) is 30.4 Å². The Kier molecular flexibility index (Phi) is 4.17. The smallest absolute Gasteiger partial charge is 0.139 e. The molecule has 1 fully saturated rings. The lowest BCUT2D eigenvalue weighted by atomic mass is 9.92. The fraction of sp³-hybridized carbons (Fsp3) is 0.571. The van der Waals surface area contributed by atoms with Crippen molar-refractivity contribution in [1.82, 2.24) is 0 Å². The van der Waals surface area contributed by atoms with Crippen LogP contribution in [0.2, 0.25) is 0 Å². The van der Waals surface area contributed by atoms with E-state index in [1.807, 2.05) is 0 Å². The number of rotatable bonds is 3. The summed E-state index contributed by atoms with van der Waals surface area (Å²) in [4.78, 5) is 2.49. The molecular formula is C14H23BN2O. The van der Waals surface area contributed by atoms with E-state index in [0.29, 0.717) is 6.04 Å². The number of nitrogens with zero attached hydrogens (tertiary/aromatic N) is 1. The molecule has 98 valence electrons. The minimum absolute atomic E-state index is 0.587. The average molecular weight is 246 g/mol. The fourth-order valence-corrected chi connectivity index (χ4v) is 2.79. The highest BCUT2D eigenvalue weighted by atomic mass is 16.5. The molecule has 0 spiro atoms. The molecule has 1 saturated heterocycles. The maximum absolute atomic E-state index is 6.09. The molecule has 0 aromatic heterocycles. The van der Waals surface area contributed by atoms with Gasteiger partial charge in [-0.15, -0.1) is 0 Å². The van der Waals surface area contributed by atoms with Crippen LogP contribution in [0, 0.1) is 6.92 Å². The lowest BCUT2D eigenvalue weighted by molar-refractivity contribution is 0.0846. The number of nitrogen functional groups attached to an aromatic ring is 1. The van der Waals surface area contributed by atoms with Gasteiger partial charge in [-0.3, -0.25) is 0 Å². The molecule has 1 heterocycles. The van der Waals surface area contributed by atoms with Gasteiger partial charge in [-0.05, 0) is 44.4 Å². The van der Waals surface area contributed by atoms with Gasteiger partial charge in [0.2, 0.25) is 0 Å². The van der Waals surface area contributed by atoms with E-state index in [-0.39, 0.29) is 0 Å². The molecule has 0 aliphatic carbocycles. The molecule has 3 nitrogen and oxygen atoms in total. The van der Waals surface area contributed by atoms with E-state index in [4.69, 9.17) is 10.5 Å². The van der Waals surface area contributed by atoms with Gasteiger partial charge in [0, 0.05) is 37.2 Å². The van der Waals surface area contributed by atoms with Crippen LogP contribution in [0.15, 0.2) is 12.1 Å². The van der Waals surface area contributed by atoms with E-state index in [2.05, 4.69) is 38.7 Å². The monoisotopic (exact) mass is 246 g/mol. The Morgan fingerprint density at radius 1 is 1.39 bits per heavy atom. The zero-order valence-corrected chi connectivity index (χ0v) is 11.7. The number of hydrogen-bond acceptors (Lipinski definition) is 3. The Morgan fingerprint density at radius 2 is 2.06 bits per heavy atom. The Hall–Kier alpha value is -1.16. The molecule has 1 aromatic rings. The largest absolute Gasteiger partial charge is 0.398 e. The standard InChI is InChI=1S/C14H23BN2O/c1-3-17(12-4-6-18-7-5-12)14-9-11(15)8-13(16)10(14)2/h8-9,12H,3-7,15-16H2,1-2H3. The van der Waals surface area contributed by atoms with E-state index < -0.39 is 0 Å². The minimum atomic E-state index is 0.587. The molecule has 0 amide bonds. The van der Waals surface area contributed by atoms with Crippen molar-refractivity contribution in [3.63, 3.8) is 0 Å². The summed E-state index contributed by atoms with van der Waals surface area (Å²) in [7, 11) is 2.11. The van der Waals surface area contributed by atoms with Crippen molar-refractivity contribution < 1.29 is 4.74 Å². The summed E-state index contributed by atoms with van der Waals surface area (Å²) < 4.78 is 5.46. The minimum Gasteiger partial charge on any atom is -0.398 e. The molecule has 0 bridgehead atoms. The van der Waals surface area contributed by atoms with Crippen LogP contribution in [-0.4, -0.2) is 33.6 Å². The molecule has 1 aliphatic rings. The SMILES string of the molecule is Bc1cc(N)c(C)c(N(CC)C2CCOCC2)c1. The zero-order chi connectivity index (χ0) is 13.1. The lowest BCUT2D eigenvalue weighted by Gasteiger charge is -2.36. The highest BCUT2D eigenvalue weighted by Gasteiger charge is 2.22. The molecule has 18 heavy (non-hydrogen) atoms. The first-order valence-electron chi connectivity index (χ1n) is 6.84. The zero-order valence-electron chi connectivity index (χ0n) is 11.7. The average Bonchev–Trinajstić information content (AvgIpc) is 2.37. The first kappa shape index (κ1) is 13.3. The van der Waals surface area contributed by atoms with Gasteiger partial charge in [-0.1, -0.05) is 5.46 Å². The molecular weight excluding hydrogens is 223 g/mol. The summed E-state index contributed by atoms with van der Waals surface area (Å²) in [6, 6.07) is 4.89. The molecule has 4 heteroatoms. The quantitative estimate of drug-likeness (QED) is 0.634. The summed E-state index contributed by atoms with van der Waals surface area (Å²) in [5.74, 6) is 0. The summed E-state index contributed by atoms with van der Waals surface area (Å²) >= 11 is 0. The van der Waals surface area contributed by atoms with Crippen LogP contribution in [0.1, 0.15) is 25.3 Å². The van der Waals surface area contributed by atoms with Gasteiger partial charge < -0.3 is 15.4 Å². The second-order valence-corrected chi connectivity index (χ2v) is 5.13. The number of hydrogen-bond donors (Lipinski definition) is 1. The van der Waals surface area contributed by atoms with Gasteiger partial charge >= 0.3 is 0 Å². The van der Waals surface area contributed by atoms with Crippen LogP contribution in [0.5, 0.6) is 0 Å². The van der Waals surface area contributed by atoms with Crippen molar-refractivity contribution in [3.05, 3.63) is 17.7 Å². The summed E-state index contributed by atoms with van der Waals surface area (Å²) in [6.45, 7) is 7.11. The van der Waals surface area contributed by atoms with Crippen LogP contribution >= 0.6 is 0 Å². The Labute approximate surface area is 111 Å². The lowest BCUT2D eigenvalue weighted by Crippen LogP contribution is -2.40. The molecule has 0 radical (unpaired) electrons. The number of nitrogens with two attached hydrogens (primary N) is 1. The van der Waals surface area contributed by atoms with Gasteiger partial charge in [0.05, 0.1) is 0 Å². The highest BCUT2D eigenvalue weighted by Crippen LogP contribution is 2.28. The van der Waals surface area contributed by atoms with Crippen molar-refractivity contribution in [1.29, 1.82) is 0 Å². The fourth-order valence-electron chi connectivity index (χ4n) is 2.79. The van der Waals surface area contributed by atoms with Crippen molar-refractivity contribution >= 4 is 24.7 Å². The maximum atomic E-state index is 6.09.